The van der Waals surface area contributed by atoms with Crippen LogP contribution in [0, 0.1) is 5.92 Å². The fourth-order valence-corrected chi connectivity index (χ4v) is 3.81. The molecule has 1 aliphatic carbocycles. The average Bonchev–Trinajstić information content (AvgIpc) is 2.93. The molecule has 1 saturated heterocycles. The lowest BCUT2D eigenvalue weighted by Gasteiger charge is -2.40. The van der Waals surface area contributed by atoms with Crippen molar-refractivity contribution in [3.05, 3.63) is 34.2 Å². The van der Waals surface area contributed by atoms with Gasteiger partial charge in [-0.1, -0.05) is 6.42 Å². The summed E-state index contributed by atoms with van der Waals surface area (Å²) in [7, 11) is 0. The highest BCUT2D eigenvalue weighted by Gasteiger charge is 2.39. The predicted molar refractivity (Wildman–Crippen MR) is 79.1 cm³/mol. The van der Waals surface area contributed by atoms with E-state index in [2.05, 4.69) is 4.98 Å². The van der Waals surface area contributed by atoms with Crippen molar-refractivity contribution in [3.8, 4) is 0 Å². The molecule has 3 atom stereocenters. The van der Waals surface area contributed by atoms with Gasteiger partial charge in [0.05, 0.1) is 6.10 Å². The number of aromatic amines is 1. The standard InChI is InChI=1S/C16H22N2O3/c19-14-6-3-4-11(14)13-5-1-2-9-18(13)16(21)12-10-17-8-7-15(12)20/h7-8,10-11,13-14,19H,1-6,9H2,(H,17,20). The number of nitrogens with zero attached hydrogens (tertiary/aromatic N) is 1. The van der Waals surface area contributed by atoms with E-state index in [0.29, 0.717) is 6.54 Å². The van der Waals surface area contributed by atoms with Crippen molar-refractivity contribution in [1.82, 2.24) is 9.88 Å². The molecular formula is C16H22N2O3. The third-order valence-electron chi connectivity index (χ3n) is 4.89. The van der Waals surface area contributed by atoms with Crippen LogP contribution in [0.5, 0.6) is 0 Å². The number of carbonyl (C=O) groups is 1. The first-order chi connectivity index (χ1) is 10.2. The number of nitrogens with one attached hydrogen (secondary N) is 1. The van der Waals surface area contributed by atoms with E-state index in [4.69, 9.17) is 0 Å². The minimum Gasteiger partial charge on any atom is -0.393 e. The van der Waals surface area contributed by atoms with Gasteiger partial charge in [-0.05, 0) is 32.1 Å². The van der Waals surface area contributed by atoms with Crippen LogP contribution in [0.4, 0.5) is 0 Å². The number of H-pyrrole nitrogens is 1. The molecule has 1 aromatic rings. The maximum absolute atomic E-state index is 12.7. The summed E-state index contributed by atoms with van der Waals surface area (Å²) < 4.78 is 0. The van der Waals surface area contributed by atoms with Gasteiger partial charge in [-0.15, -0.1) is 0 Å². The van der Waals surface area contributed by atoms with Gasteiger partial charge in [0.15, 0.2) is 5.43 Å². The number of piperidine rings is 1. The van der Waals surface area contributed by atoms with Gasteiger partial charge in [0.1, 0.15) is 5.56 Å². The van der Waals surface area contributed by atoms with E-state index in [1.807, 2.05) is 4.90 Å². The van der Waals surface area contributed by atoms with Crippen LogP contribution < -0.4 is 5.43 Å². The Bertz CT molecular complexity index is 569. The molecule has 1 aliphatic heterocycles. The van der Waals surface area contributed by atoms with Gasteiger partial charge in [-0.3, -0.25) is 9.59 Å². The van der Waals surface area contributed by atoms with E-state index in [1.165, 1.54) is 18.5 Å². The van der Waals surface area contributed by atoms with Crippen molar-refractivity contribution in [2.75, 3.05) is 6.54 Å². The molecule has 2 aliphatic rings. The van der Waals surface area contributed by atoms with E-state index < -0.39 is 0 Å². The van der Waals surface area contributed by atoms with Gasteiger partial charge in [0, 0.05) is 37.0 Å². The highest BCUT2D eigenvalue weighted by atomic mass is 16.3. The minimum absolute atomic E-state index is 0.0726. The van der Waals surface area contributed by atoms with E-state index >= 15 is 0 Å². The van der Waals surface area contributed by atoms with Crippen molar-refractivity contribution >= 4 is 5.91 Å². The lowest BCUT2D eigenvalue weighted by molar-refractivity contribution is 0.0286. The van der Waals surface area contributed by atoms with Crippen LogP contribution in [-0.4, -0.2) is 39.6 Å². The van der Waals surface area contributed by atoms with E-state index in [-0.39, 0.29) is 35.0 Å². The van der Waals surface area contributed by atoms with Crippen LogP contribution in [0.1, 0.15) is 48.9 Å². The zero-order valence-corrected chi connectivity index (χ0v) is 12.1. The molecule has 2 N–H and O–H groups in total. The summed E-state index contributed by atoms with van der Waals surface area (Å²) in [5.41, 5.74) is -0.0352. The van der Waals surface area contributed by atoms with Crippen molar-refractivity contribution in [1.29, 1.82) is 0 Å². The minimum atomic E-state index is -0.308. The number of aromatic nitrogens is 1. The smallest absolute Gasteiger partial charge is 0.259 e. The molecule has 0 bridgehead atoms. The molecule has 3 unspecified atom stereocenters. The quantitative estimate of drug-likeness (QED) is 0.867. The fraction of sp³-hybridized carbons (Fsp3) is 0.625. The number of likely N-dealkylation sites (tertiary alicyclic amines) is 1. The van der Waals surface area contributed by atoms with Gasteiger partial charge in [0.25, 0.3) is 5.91 Å². The Balaban J connectivity index is 1.86. The second-order valence-corrected chi connectivity index (χ2v) is 6.15. The zero-order valence-electron chi connectivity index (χ0n) is 12.1. The Labute approximate surface area is 124 Å². The molecule has 0 aromatic carbocycles. The van der Waals surface area contributed by atoms with Crippen LogP contribution in [0.2, 0.25) is 0 Å². The molecule has 21 heavy (non-hydrogen) atoms. The molecule has 2 heterocycles. The zero-order chi connectivity index (χ0) is 14.8. The largest absolute Gasteiger partial charge is 0.393 e. The average molecular weight is 290 g/mol. The van der Waals surface area contributed by atoms with E-state index in [0.717, 1.165) is 38.5 Å². The third-order valence-corrected chi connectivity index (χ3v) is 4.89. The Morgan fingerprint density at radius 3 is 2.81 bits per heavy atom. The highest BCUT2D eigenvalue weighted by Crippen LogP contribution is 2.35. The summed E-state index contributed by atoms with van der Waals surface area (Å²) in [5, 5.41) is 10.2. The molecule has 1 aromatic heterocycles. The summed E-state index contributed by atoms with van der Waals surface area (Å²) in [4.78, 5) is 29.2. The number of hydrogen-bond acceptors (Lipinski definition) is 3. The van der Waals surface area contributed by atoms with Crippen molar-refractivity contribution < 1.29 is 9.90 Å². The van der Waals surface area contributed by atoms with Gasteiger partial charge >= 0.3 is 0 Å². The number of amides is 1. The number of rotatable bonds is 2. The number of hydrogen-bond donors (Lipinski definition) is 2. The van der Waals surface area contributed by atoms with Gasteiger partial charge in [0.2, 0.25) is 0 Å². The molecule has 1 amide bonds. The second kappa shape index (κ2) is 6.02. The molecule has 0 spiro atoms. The third kappa shape index (κ3) is 2.75. The summed E-state index contributed by atoms with van der Waals surface area (Å²) in [6.07, 6.45) is 8.52. The number of aliphatic hydroxyl groups excluding tert-OH is 1. The summed E-state index contributed by atoms with van der Waals surface area (Å²) in [6, 6.07) is 1.46. The first-order valence-electron chi connectivity index (χ1n) is 7.84. The molecule has 1 saturated carbocycles. The maximum atomic E-state index is 12.7. The van der Waals surface area contributed by atoms with Gasteiger partial charge in [-0.2, -0.15) is 0 Å². The lowest BCUT2D eigenvalue weighted by Crippen LogP contribution is -2.50. The molecular weight excluding hydrogens is 268 g/mol. The Morgan fingerprint density at radius 1 is 1.24 bits per heavy atom. The molecule has 5 nitrogen and oxygen atoms in total. The highest BCUT2D eigenvalue weighted by molar-refractivity contribution is 5.94. The monoisotopic (exact) mass is 290 g/mol. The molecule has 2 fully saturated rings. The second-order valence-electron chi connectivity index (χ2n) is 6.15. The number of pyridine rings is 1. The molecule has 0 radical (unpaired) electrons. The lowest BCUT2D eigenvalue weighted by atomic mass is 9.87. The van der Waals surface area contributed by atoms with Gasteiger partial charge < -0.3 is 15.0 Å². The summed E-state index contributed by atoms with van der Waals surface area (Å²) in [5.74, 6) is -0.0299. The summed E-state index contributed by atoms with van der Waals surface area (Å²) in [6.45, 7) is 0.682. The first kappa shape index (κ1) is 14.3. The first-order valence-corrected chi connectivity index (χ1v) is 7.84. The Hall–Kier alpha value is -1.62. The van der Waals surface area contributed by atoms with Crippen LogP contribution in [-0.2, 0) is 0 Å². The van der Waals surface area contributed by atoms with E-state index in [1.54, 1.807) is 0 Å². The Morgan fingerprint density at radius 2 is 2.10 bits per heavy atom. The topological polar surface area (TPSA) is 73.4 Å². The molecule has 3 rings (SSSR count). The number of aliphatic hydroxyl groups is 1. The van der Waals surface area contributed by atoms with Crippen molar-refractivity contribution in [3.63, 3.8) is 0 Å². The van der Waals surface area contributed by atoms with Crippen LogP contribution >= 0.6 is 0 Å². The van der Waals surface area contributed by atoms with Crippen molar-refractivity contribution in [2.45, 2.75) is 50.7 Å². The van der Waals surface area contributed by atoms with Crippen LogP contribution in [0.25, 0.3) is 0 Å². The SMILES string of the molecule is O=C(c1c[nH]ccc1=O)N1CCCCC1C1CCCC1O. The van der Waals surface area contributed by atoms with Gasteiger partial charge in [-0.25, -0.2) is 0 Å². The van der Waals surface area contributed by atoms with Crippen molar-refractivity contribution in [2.24, 2.45) is 5.92 Å². The Kier molecular flexibility index (Phi) is 4.10. The number of carbonyl (C=O) groups excluding carboxylic acids is 1. The fourth-order valence-electron chi connectivity index (χ4n) is 3.81. The van der Waals surface area contributed by atoms with E-state index in [9.17, 15) is 14.7 Å². The predicted octanol–water partition coefficient (Wildman–Crippen LogP) is 1.53. The van der Waals surface area contributed by atoms with Crippen LogP contribution in [0.15, 0.2) is 23.3 Å². The molecule has 5 heteroatoms. The summed E-state index contributed by atoms with van der Waals surface area (Å²) >= 11 is 0. The maximum Gasteiger partial charge on any atom is 0.259 e. The van der Waals surface area contributed by atoms with Crippen LogP contribution in [0.3, 0.4) is 0 Å². The normalized spacial score (nSPS) is 29.6. The molecule has 114 valence electrons.